The largest absolute Gasteiger partial charge is 0.480 e. The van der Waals surface area contributed by atoms with E-state index in [1.807, 2.05) is 0 Å². The molecule has 0 aromatic rings. The number of hydrogen-bond acceptors (Lipinski definition) is 8. The Hall–Kier alpha value is -0.840. The van der Waals surface area contributed by atoms with Crippen LogP contribution in [0, 0.1) is 0 Å². The Morgan fingerprint density at radius 3 is 0.970 bits per heavy atom. The molecule has 0 unspecified atom stereocenters. The van der Waals surface area contributed by atoms with E-state index >= 15 is 0 Å². The molecule has 0 aliphatic rings. The number of aliphatic carboxylic acids is 3. The number of rotatable bonds is 13. The Labute approximate surface area is 214 Å². The van der Waals surface area contributed by atoms with Crippen molar-refractivity contribution in [3.8, 4) is 0 Å². The second kappa shape index (κ2) is 35.7. The predicted molar refractivity (Wildman–Crippen MR) is 127 cm³/mol. The molecule has 0 aromatic heterocycles. The molecule has 0 saturated heterocycles. The molecular formula is C18H42N3NaO10S. The summed E-state index contributed by atoms with van der Waals surface area (Å²) in [6.07, 6.45) is 14.7. The molecule has 0 fully saturated rings. The summed E-state index contributed by atoms with van der Waals surface area (Å²) in [7, 11) is -4.67. The number of unbranched alkanes of at least 4 members (excludes halogenated alkanes) is 9. The molecule has 0 spiro atoms. The van der Waals surface area contributed by atoms with Crippen LogP contribution < -0.4 is 17.2 Å². The van der Waals surface area contributed by atoms with Crippen molar-refractivity contribution in [1.82, 2.24) is 0 Å². The van der Waals surface area contributed by atoms with Crippen molar-refractivity contribution >= 4 is 56.2 Å². The molecule has 0 rings (SSSR count). The molecule has 33 heavy (non-hydrogen) atoms. The average molecular weight is 516 g/mol. The van der Waals surface area contributed by atoms with Crippen LogP contribution in [0.3, 0.4) is 0 Å². The second-order valence-corrected chi connectivity index (χ2v) is 8.32. The Kier molecular flexibility index (Phi) is 45.8. The molecular weight excluding hydrogens is 473 g/mol. The predicted octanol–water partition coefficient (Wildman–Crippen LogP) is 0.930. The van der Waals surface area contributed by atoms with Crippen molar-refractivity contribution in [2.75, 3.05) is 19.6 Å². The van der Waals surface area contributed by atoms with Gasteiger partial charge in [-0.15, -0.1) is 0 Å². The van der Waals surface area contributed by atoms with Gasteiger partial charge in [0, 0.05) is 0 Å². The van der Waals surface area contributed by atoms with Crippen molar-refractivity contribution in [2.24, 2.45) is 17.2 Å². The van der Waals surface area contributed by atoms with E-state index in [0.717, 1.165) is 0 Å². The van der Waals surface area contributed by atoms with Crippen molar-refractivity contribution < 1.29 is 47.2 Å². The molecule has 196 valence electrons. The monoisotopic (exact) mass is 515 g/mol. The average Bonchev–Trinajstić information content (AvgIpc) is 2.72. The van der Waals surface area contributed by atoms with Gasteiger partial charge in [0.15, 0.2) is 0 Å². The van der Waals surface area contributed by atoms with E-state index in [-0.39, 0.29) is 19.6 Å². The standard InChI is InChI=1S/C12H25.3C2H5NO2.Na.H2O4S/c1-3-5-7-9-11-12-10-8-6-4-2;3*3-1-2(4)5;;1-5(2,3)4/h1,3-12H2,2H3;3*1,3H2,(H,4,5);;(H2,1,2,3,4). The second-order valence-electron chi connectivity index (χ2n) is 6.42. The molecule has 0 aliphatic carbocycles. The van der Waals surface area contributed by atoms with Gasteiger partial charge in [0.25, 0.3) is 0 Å². The first-order chi connectivity index (χ1) is 15.2. The van der Waals surface area contributed by atoms with Crippen molar-refractivity contribution in [3.05, 3.63) is 0 Å². The van der Waals surface area contributed by atoms with Gasteiger partial charge in [0.2, 0.25) is 0 Å². The van der Waals surface area contributed by atoms with Crippen molar-refractivity contribution in [3.63, 3.8) is 0 Å². The maximum atomic E-state index is 9.24. The molecule has 13 nitrogen and oxygen atoms in total. The van der Waals surface area contributed by atoms with Gasteiger partial charge >= 0.3 is 131 Å². The van der Waals surface area contributed by atoms with Crippen molar-refractivity contribution in [1.29, 1.82) is 0 Å². The van der Waals surface area contributed by atoms with Gasteiger partial charge in [-0.05, 0) is 0 Å². The summed E-state index contributed by atoms with van der Waals surface area (Å²) in [4.78, 5) is 27.7. The van der Waals surface area contributed by atoms with Crippen LogP contribution >= 0.6 is 0 Å². The quantitative estimate of drug-likeness (QED) is 0.0964. The van der Waals surface area contributed by atoms with Crippen LogP contribution in [-0.4, -0.2) is 98.3 Å². The molecule has 15 heteroatoms. The summed E-state index contributed by atoms with van der Waals surface area (Å²) in [6, 6.07) is 0. The van der Waals surface area contributed by atoms with Crippen molar-refractivity contribution in [2.45, 2.75) is 74.8 Å². The van der Waals surface area contributed by atoms with Crippen LogP contribution in [0.2, 0.25) is 3.67 Å². The smallest absolute Gasteiger partial charge is 0.394 e. The number of nitrogens with two attached hydrogens (primary N) is 3. The number of carboxylic acid groups (broad SMARTS) is 3. The van der Waals surface area contributed by atoms with Crippen LogP contribution in [0.1, 0.15) is 71.1 Å². The van der Waals surface area contributed by atoms with Crippen LogP contribution in [0.25, 0.3) is 0 Å². The van der Waals surface area contributed by atoms with E-state index in [4.69, 9.17) is 32.8 Å². The summed E-state index contributed by atoms with van der Waals surface area (Å²) in [5.41, 5.74) is 13.7. The molecule has 0 atom stereocenters. The first-order valence-electron chi connectivity index (χ1n) is 10.7. The fraction of sp³-hybridized carbons (Fsp3) is 0.833. The Morgan fingerprint density at radius 2 is 0.818 bits per heavy atom. The van der Waals surface area contributed by atoms with Gasteiger partial charge in [-0.1, -0.05) is 0 Å². The number of hydrogen-bond donors (Lipinski definition) is 8. The van der Waals surface area contributed by atoms with Gasteiger partial charge in [-0.2, -0.15) is 8.42 Å². The van der Waals surface area contributed by atoms with Gasteiger partial charge in [-0.3, -0.25) is 23.5 Å². The first kappa shape index (κ1) is 42.3. The molecule has 0 amide bonds. The van der Waals surface area contributed by atoms with E-state index in [1.165, 1.54) is 95.8 Å². The van der Waals surface area contributed by atoms with Crippen LogP contribution in [-0.2, 0) is 24.8 Å². The Bertz CT molecular complexity index is 486. The third kappa shape index (κ3) is 115. The first-order valence-corrected chi connectivity index (χ1v) is 13.5. The van der Waals surface area contributed by atoms with Gasteiger partial charge < -0.3 is 32.5 Å². The van der Waals surface area contributed by atoms with E-state index < -0.39 is 28.3 Å². The summed E-state index contributed by atoms with van der Waals surface area (Å²) in [6.45, 7) is 1.45. The van der Waals surface area contributed by atoms with E-state index in [9.17, 15) is 14.4 Å². The van der Waals surface area contributed by atoms with Crippen LogP contribution in [0.5, 0.6) is 0 Å². The fourth-order valence-electron chi connectivity index (χ4n) is 1.74. The summed E-state index contributed by atoms with van der Waals surface area (Å²) < 4.78 is 33.1. The Morgan fingerprint density at radius 1 is 0.636 bits per heavy atom. The zero-order valence-electron chi connectivity index (χ0n) is 19.8. The van der Waals surface area contributed by atoms with E-state index in [0.29, 0.717) is 0 Å². The maximum absolute atomic E-state index is 9.24. The minimum Gasteiger partial charge on any atom is -0.480 e. The normalized spacial score (nSPS) is 9.33. The molecule has 0 bridgehead atoms. The molecule has 0 heterocycles. The third-order valence-corrected chi connectivity index (χ3v) is 3.94. The van der Waals surface area contributed by atoms with E-state index in [1.54, 1.807) is 0 Å². The van der Waals surface area contributed by atoms with Crippen LogP contribution in [0.15, 0.2) is 0 Å². The summed E-state index contributed by atoms with van der Waals surface area (Å²) in [5.74, 6) is -2.90. The Balaban J connectivity index is -0.000000109. The van der Waals surface area contributed by atoms with Gasteiger partial charge in [-0.25, -0.2) is 0 Å². The van der Waals surface area contributed by atoms with Gasteiger partial charge in [0.1, 0.15) is 0 Å². The number of carbonyl (C=O) groups is 3. The topological polar surface area (TPSA) is 265 Å². The molecule has 0 radical (unpaired) electrons. The zero-order chi connectivity index (χ0) is 27.1. The zero-order valence-corrected chi connectivity index (χ0v) is 22.6. The van der Waals surface area contributed by atoms with Gasteiger partial charge in [0.05, 0.1) is 19.6 Å². The van der Waals surface area contributed by atoms with E-state index in [2.05, 4.69) is 24.1 Å². The minimum absolute atomic E-state index is 0.278. The third-order valence-electron chi connectivity index (χ3n) is 3.23. The summed E-state index contributed by atoms with van der Waals surface area (Å²) in [5, 5.41) is 22.8. The molecule has 0 aromatic carbocycles. The summed E-state index contributed by atoms with van der Waals surface area (Å²) >= 11 is 1.41. The SMILES string of the molecule is CCCCCCCCCCC[CH2][Na].NCC(=O)O.NCC(=O)O.NCC(=O)O.O=S(=O)(O)O. The fourth-order valence-corrected chi connectivity index (χ4v) is 2.24. The number of carboxylic acids is 3. The van der Waals surface area contributed by atoms with Crippen LogP contribution in [0.4, 0.5) is 0 Å². The molecule has 0 saturated carbocycles. The molecule has 11 N–H and O–H groups in total. The molecule has 0 aliphatic heterocycles. The minimum atomic E-state index is -4.67. The maximum Gasteiger partial charge on any atom is 0.394 e.